The number of amides is 2. The van der Waals surface area contributed by atoms with Gasteiger partial charge in [0, 0.05) is 6.04 Å². The molecule has 2 N–H and O–H groups in total. The van der Waals surface area contributed by atoms with Crippen molar-refractivity contribution in [1.29, 1.82) is 0 Å². The quantitative estimate of drug-likeness (QED) is 0.461. The summed E-state index contributed by atoms with van der Waals surface area (Å²) in [7, 11) is 0. The Balaban J connectivity index is 1.38. The summed E-state index contributed by atoms with van der Waals surface area (Å²) >= 11 is 1.54. The molecule has 9 heteroatoms. The first-order chi connectivity index (χ1) is 16.1. The van der Waals surface area contributed by atoms with E-state index in [0.29, 0.717) is 36.1 Å². The SMILES string of the molecule is CCCN(CC(=O)Nc1ccccc1C(=O)NC1CCCC1)Cc1nnc(-c2cccs2)o1. The Morgan fingerprint density at radius 2 is 1.97 bits per heavy atom. The van der Waals surface area contributed by atoms with Gasteiger partial charge in [-0.05, 0) is 49.4 Å². The summed E-state index contributed by atoms with van der Waals surface area (Å²) < 4.78 is 5.78. The van der Waals surface area contributed by atoms with Crippen LogP contribution < -0.4 is 10.6 Å². The highest BCUT2D eigenvalue weighted by molar-refractivity contribution is 7.13. The van der Waals surface area contributed by atoms with Gasteiger partial charge in [-0.15, -0.1) is 21.5 Å². The van der Waals surface area contributed by atoms with Crippen LogP contribution in [0.4, 0.5) is 5.69 Å². The summed E-state index contributed by atoms with van der Waals surface area (Å²) in [5, 5.41) is 16.2. The number of hydrogen-bond donors (Lipinski definition) is 2. The fourth-order valence-electron chi connectivity index (χ4n) is 4.06. The Bertz CT molecular complexity index is 1060. The molecule has 2 aromatic heterocycles. The maximum atomic E-state index is 12.8. The Morgan fingerprint density at radius 1 is 1.15 bits per heavy atom. The molecule has 1 fully saturated rings. The fourth-order valence-corrected chi connectivity index (χ4v) is 4.70. The fraction of sp³-hybridized carbons (Fsp3) is 0.417. The van der Waals surface area contributed by atoms with Crippen LogP contribution in [0.5, 0.6) is 0 Å². The van der Waals surface area contributed by atoms with Crippen LogP contribution in [0.1, 0.15) is 55.3 Å². The number of thiophene rings is 1. The van der Waals surface area contributed by atoms with Crippen molar-refractivity contribution in [3.05, 3.63) is 53.2 Å². The molecule has 1 saturated carbocycles. The van der Waals surface area contributed by atoms with Crippen LogP contribution in [-0.4, -0.2) is 46.0 Å². The highest BCUT2D eigenvalue weighted by Gasteiger charge is 2.21. The number of aromatic nitrogens is 2. The maximum Gasteiger partial charge on any atom is 0.257 e. The van der Waals surface area contributed by atoms with Crippen molar-refractivity contribution in [2.45, 2.75) is 51.6 Å². The van der Waals surface area contributed by atoms with E-state index in [-0.39, 0.29) is 24.4 Å². The molecule has 1 aliphatic rings. The van der Waals surface area contributed by atoms with Crippen molar-refractivity contribution in [3.63, 3.8) is 0 Å². The topological polar surface area (TPSA) is 100 Å². The molecule has 0 atom stereocenters. The van der Waals surface area contributed by atoms with Gasteiger partial charge in [0.15, 0.2) is 0 Å². The van der Waals surface area contributed by atoms with Crippen LogP contribution in [0, 0.1) is 0 Å². The van der Waals surface area contributed by atoms with Crippen LogP contribution in [0.2, 0.25) is 0 Å². The number of nitrogens with one attached hydrogen (secondary N) is 2. The van der Waals surface area contributed by atoms with Crippen LogP contribution in [0.3, 0.4) is 0 Å². The molecule has 1 aliphatic carbocycles. The highest BCUT2D eigenvalue weighted by Crippen LogP contribution is 2.23. The van der Waals surface area contributed by atoms with Crippen molar-refractivity contribution in [2.75, 3.05) is 18.4 Å². The number of rotatable bonds is 10. The zero-order valence-electron chi connectivity index (χ0n) is 18.8. The number of carbonyl (C=O) groups excluding carboxylic acids is 2. The number of para-hydroxylation sites is 1. The maximum absolute atomic E-state index is 12.8. The molecule has 0 bridgehead atoms. The molecular formula is C24H29N5O3S. The van der Waals surface area contributed by atoms with E-state index in [0.717, 1.165) is 37.0 Å². The van der Waals surface area contributed by atoms with E-state index < -0.39 is 0 Å². The minimum atomic E-state index is -0.192. The number of carbonyl (C=O) groups is 2. The average molecular weight is 468 g/mol. The third-order valence-electron chi connectivity index (χ3n) is 5.60. The lowest BCUT2D eigenvalue weighted by Crippen LogP contribution is -2.35. The summed E-state index contributed by atoms with van der Waals surface area (Å²) in [4.78, 5) is 28.5. The third-order valence-corrected chi connectivity index (χ3v) is 6.46. The molecule has 2 amide bonds. The first kappa shape index (κ1) is 23.1. The highest BCUT2D eigenvalue weighted by atomic mass is 32.1. The predicted molar refractivity (Wildman–Crippen MR) is 128 cm³/mol. The number of anilines is 1. The Hall–Kier alpha value is -3.04. The van der Waals surface area contributed by atoms with Gasteiger partial charge in [0.1, 0.15) is 0 Å². The second kappa shape index (κ2) is 11.2. The van der Waals surface area contributed by atoms with Gasteiger partial charge in [0.25, 0.3) is 11.8 Å². The minimum Gasteiger partial charge on any atom is -0.419 e. The third kappa shape index (κ3) is 6.27. The first-order valence-electron chi connectivity index (χ1n) is 11.4. The van der Waals surface area contributed by atoms with E-state index in [1.54, 1.807) is 12.1 Å². The van der Waals surface area contributed by atoms with Gasteiger partial charge in [0.05, 0.1) is 29.2 Å². The molecular weight excluding hydrogens is 438 g/mol. The van der Waals surface area contributed by atoms with E-state index in [4.69, 9.17) is 4.42 Å². The van der Waals surface area contributed by atoms with Crippen LogP contribution >= 0.6 is 11.3 Å². The van der Waals surface area contributed by atoms with E-state index >= 15 is 0 Å². The number of hydrogen-bond acceptors (Lipinski definition) is 7. The summed E-state index contributed by atoms with van der Waals surface area (Å²) in [6.45, 7) is 3.29. The summed E-state index contributed by atoms with van der Waals surface area (Å²) in [6, 6.07) is 11.2. The Kier molecular flexibility index (Phi) is 7.85. The van der Waals surface area contributed by atoms with Crippen molar-refractivity contribution < 1.29 is 14.0 Å². The van der Waals surface area contributed by atoms with E-state index in [2.05, 4.69) is 27.8 Å². The van der Waals surface area contributed by atoms with Crippen LogP contribution in [0.25, 0.3) is 10.8 Å². The minimum absolute atomic E-state index is 0.143. The molecule has 33 heavy (non-hydrogen) atoms. The Labute approximate surface area is 197 Å². The van der Waals surface area contributed by atoms with E-state index in [9.17, 15) is 9.59 Å². The molecule has 0 unspecified atom stereocenters. The lowest BCUT2D eigenvalue weighted by molar-refractivity contribution is -0.117. The van der Waals surface area contributed by atoms with E-state index in [1.807, 2.05) is 34.5 Å². The predicted octanol–water partition coefficient (Wildman–Crippen LogP) is 4.32. The largest absolute Gasteiger partial charge is 0.419 e. The van der Waals surface area contributed by atoms with Crippen molar-refractivity contribution in [1.82, 2.24) is 20.4 Å². The molecule has 0 aliphatic heterocycles. The Morgan fingerprint density at radius 3 is 2.73 bits per heavy atom. The molecule has 4 rings (SSSR count). The van der Waals surface area contributed by atoms with Gasteiger partial charge in [-0.25, -0.2) is 0 Å². The van der Waals surface area contributed by atoms with Gasteiger partial charge >= 0.3 is 0 Å². The van der Waals surface area contributed by atoms with Crippen molar-refractivity contribution in [2.24, 2.45) is 0 Å². The molecule has 0 spiro atoms. The molecule has 3 aromatic rings. The first-order valence-corrected chi connectivity index (χ1v) is 12.3. The normalized spacial score (nSPS) is 14.0. The van der Waals surface area contributed by atoms with Gasteiger partial charge in [-0.2, -0.15) is 0 Å². The second-order valence-electron chi connectivity index (χ2n) is 8.24. The van der Waals surface area contributed by atoms with Gasteiger partial charge in [-0.1, -0.05) is 38.0 Å². The van der Waals surface area contributed by atoms with Gasteiger partial charge in [0.2, 0.25) is 11.8 Å². The number of benzene rings is 1. The van der Waals surface area contributed by atoms with Crippen LogP contribution in [-0.2, 0) is 11.3 Å². The standard InChI is InChI=1S/C24H29N5O3S/c1-2-13-29(16-22-27-28-24(32-22)20-12-7-14-33-20)15-21(30)26-19-11-6-5-10-18(19)23(31)25-17-8-3-4-9-17/h5-7,10-12,14,17H,2-4,8-9,13,15-16H2,1H3,(H,25,31)(H,26,30). The zero-order valence-corrected chi connectivity index (χ0v) is 19.6. The molecule has 8 nitrogen and oxygen atoms in total. The number of nitrogens with zero attached hydrogens (tertiary/aromatic N) is 3. The lowest BCUT2D eigenvalue weighted by atomic mass is 10.1. The summed E-state index contributed by atoms with van der Waals surface area (Å²) in [5.74, 6) is 0.622. The monoisotopic (exact) mass is 467 g/mol. The molecule has 174 valence electrons. The van der Waals surface area contributed by atoms with Crippen LogP contribution in [0.15, 0.2) is 46.2 Å². The summed E-state index contributed by atoms with van der Waals surface area (Å²) in [6.07, 6.45) is 5.18. The summed E-state index contributed by atoms with van der Waals surface area (Å²) in [5.41, 5.74) is 1.00. The average Bonchev–Trinajstić information content (AvgIpc) is 3.57. The molecule has 0 saturated heterocycles. The van der Waals surface area contributed by atoms with E-state index in [1.165, 1.54) is 11.3 Å². The zero-order chi connectivity index (χ0) is 23.0. The smallest absolute Gasteiger partial charge is 0.257 e. The lowest BCUT2D eigenvalue weighted by Gasteiger charge is -2.20. The van der Waals surface area contributed by atoms with Crippen molar-refractivity contribution >= 4 is 28.8 Å². The molecule has 2 heterocycles. The van der Waals surface area contributed by atoms with Crippen molar-refractivity contribution in [3.8, 4) is 10.8 Å². The second-order valence-corrected chi connectivity index (χ2v) is 9.19. The van der Waals surface area contributed by atoms with Gasteiger partial charge in [-0.3, -0.25) is 14.5 Å². The molecule has 0 radical (unpaired) electrons. The molecule has 1 aromatic carbocycles. The van der Waals surface area contributed by atoms with Gasteiger partial charge < -0.3 is 15.1 Å².